The van der Waals surface area contributed by atoms with E-state index in [0.717, 1.165) is 38.1 Å². The molecule has 0 saturated carbocycles. The molecule has 0 spiro atoms. The van der Waals surface area contributed by atoms with Crippen LogP contribution in [-0.2, 0) is 10.0 Å². The quantitative estimate of drug-likeness (QED) is 0.283. The summed E-state index contributed by atoms with van der Waals surface area (Å²) in [5.74, 6) is -2.99. The van der Waals surface area contributed by atoms with Crippen LogP contribution in [0.1, 0.15) is 18.4 Å². The Hall–Kier alpha value is -4.67. The van der Waals surface area contributed by atoms with Gasteiger partial charge >= 0.3 is 0 Å². The summed E-state index contributed by atoms with van der Waals surface area (Å²) in [5.41, 5.74) is 0.513. The normalized spacial score (nSPS) is 15.2. The Morgan fingerprint density at radius 1 is 1.02 bits per heavy atom. The van der Waals surface area contributed by atoms with Crippen molar-refractivity contribution in [3.05, 3.63) is 84.2 Å². The summed E-state index contributed by atoms with van der Waals surface area (Å²) in [6, 6.07) is 14.1. The van der Waals surface area contributed by atoms with Gasteiger partial charge in [-0.2, -0.15) is 9.65 Å². The van der Waals surface area contributed by atoms with Gasteiger partial charge in [0.25, 0.3) is 10.0 Å². The standard InChI is InChI=1S/C27H23F2N7O3S/c28-24-22(36-40(37,38)19-7-5-17(15-30)6-8-19)9-10-23(25(24)29)39-26-20(4-2-13-32-26)21-11-14-33-27(35-21)34-18-3-1-12-31-16-18/h2,4-11,13-14,18,31,36H,1,3,12,16H2,(H,33,34,35)/t18-/m0/s1. The molecule has 0 unspecified atom stereocenters. The number of rotatable bonds is 8. The minimum Gasteiger partial charge on any atom is -0.435 e. The van der Waals surface area contributed by atoms with E-state index >= 15 is 4.39 Å². The molecular weight excluding hydrogens is 540 g/mol. The van der Waals surface area contributed by atoms with Crippen LogP contribution in [0.5, 0.6) is 11.6 Å². The summed E-state index contributed by atoms with van der Waals surface area (Å²) < 4.78 is 63.0. The summed E-state index contributed by atoms with van der Waals surface area (Å²) in [6.07, 6.45) is 5.02. The first-order valence-corrected chi connectivity index (χ1v) is 13.8. The topological polar surface area (TPSA) is 142 Å². The third-order valence-corrected chi connectivity index (χ3v) is 7.51. The maximum Gasteiger partial charge on any atom is 0.261 e. The van der Waals surface area contributed by atoms with Gasteiger partial charge in [-0.15, -0.1) is 0 Å². The average molecular weight is 564 g/mol. The highest BCUT2D eigenvalue weighted by Crippen LogP contribution is 2.34. The monoisotopic (exact) mass is 563 g/mol. The van der Waals surface area contributed by atoms with E-state index in [1.54, 1.807) is 24.4 Å². The molecule has 0 aliphatic carbocycles. The third-order valence-electron chi connectivity index (χ3n) is 6.12. The summed E-state index contributed by atoms with van der Waals surface area (Å²) in [6.45, 7) is 1.76. The van der Waals surface area contributed by atoms with E-state index in [9.17, 15) is 12.8 Å². The first-order chi connectivity index (χ1) is 19.3. The zero-order valence-electron chi connectivity index (χ0n) is 20.9. The number of ether oxygens (including phenoxy) is 1. The highest BCUT2D eigenvalue weighted by atomic mass is 32.2. The van der Waals surface area contributed by atoms with Gasteiger partial charge in [0.1, 0.15) is 0 Å². The number of pyridine rings is 1. The Morgan fingerprint density at radius 3 is 2.60 bits per heavy atom. The van der Waals surface area contributed by atoms with E-state index < -0.39 is 33.1 Å². The third kappa shape index (κ3) is 5.98. The fourth-order valence-corrected chi connectivity index (χ4v) is 5.17. The van der Waals surface area contributed by atoms with Crippen molar-refractivity contribution < 1.29 is 21.9 Å². The predicted molar refractivity (Wildman–Crippen MR) is 143 cm³/mol. The molecule has 4 aromatic rings. The van der Waals surface area contributed by atoms with Crippen LogP contribution in [0.15, 0.2) is 71.9 Å². The zero-order chi connectivity index (χ0) is 28.1. The fraction of sp³-hybridized carbons (Fsp3) is 0.185. The molecule has 13 heteroatoms. The lowest BCUT2D eigenvalue weighted by Gasteiger charge is -2.23. The molecule has 10 nitrogen and oxygen atoms in total. The molecule has 1 aliphatic rings. The molecule has 2 aromatic carbocycles. The zero-order valence-corrected chi connectivity index (χ0v) is 21.8. The molecule has 204 valence electrons. The van der Waals surface area contributed by atoms with Gasteiger partial charge in [0.2, 0.25) is 17.6 Å². The Bertz CT molecular complexity index is 1670. The maximum atomic E-state index is 15.0. The van der Waals surface area contributed by atoms with Crippen molar-refractivity contribution in [2.45, 2.75) is 23.8 Å². The van der Waals surface area contributed by atoms with E-state index in [0.29, 0.717) is 17.2 Å². The van der Waals surface area contributed by atoms with E-state index in [4.69, 9.17) is 10.00 Å². The van der Waals surface area contributed by atoms with Gasteiger partial charge in [0.05, 0.1) is 33.5 Å². The lowest BCUT2D eigenvalue weighted by Crippen LogP contribution is -2.38. The molecule has 5 rings (SSSR count). The Labute approximate surface area is 229 Å². The van der Waals surface area contributed by atoms with Gasteiger partial charge in [-0.25, -0.2) is 27.8 Å². The van der Waals surface area contributed by atoms with E-state index in [1.807, 2.05) is 10.8 Å². The van der Waals surface area contributed by atoms with E-state index in [1.165, 1.54) is 30.5 Å². The number of hydrogen-bond donors (Lipinski definition) is 3. The number of benzene rings is 2. The van der Waals surface area contributed by atoms with Crippen molar-refractivity contribution in [3.63, 3.8) is 0 Å². The Balaban J connectivity index is 1.37. The first-order valence-electron chi connectivity index (χ1n) is 12.3. The minimum absolute atomic E-state index is 0.0318. The fourth-order valence-electron chi connectivity index (χ4n) is 4.11. The number of nitrogens with one attached hydrogen (secondary N) is 3. The van der Waals surface area contributed by atoms with E-state index in [2.05, 4.69) is 25.6 Å². The molecule has 1 fully saturated rings. The molecule has 3 heterocycles. The van der Waals surface area contributed by atoms with Crippen molar-refractivity contribution in [3.8, 4) is 29.0 Å². The second-order valence-electron chi connectivity index (χ2n) is 8.89. The number of aromatic nitrogens is 3. The van der Waals surface area contributed by atoms with Crippen molar-refractivity contribution in [2.24, 2.45) is 0 Å². The van der Waals surface area contributed by atoms with Crippen LogP contribution < -0.4 is 20.1 Å². The molecule has 1 atom stereocenters. The van der Waals surface area contributed by atoms with Crippen LogP contribution in [-0.4, -0.2) is 42.5 Å². The van der Waals surface area contributed by atoms with Crippen molar-refractivity contribution in [1.29, 1.82) is 5.26 Å². The summed E-state index contributed by atoms with van der Waals surface area (Å²) >= 11 is 0. The molecule has 0 amide bonds. The smallest absolute Gasteiger partial charge is 0.261 e. The van der Waals surface area contributed by atoms with Crippen LogP contribution in [0, 0.1) is 23.0 Å². The first kappa shape index (κ1) is 26.9. The highest BCUT2D eigenvalue weighted by molar-refractivity contribution is 7.92. The number of halogens is 2. The van der Waals surface area contributed by atoms with Crippen LogP contribution >= 0.6 is 0 Å². The van der Waals surface area contributed by atoms with Crippen LogP contribution in [0.25, 0.3) is 11.3 Å². The van der Waals surface area contributed by atoms with Crippen LogP contribution in [0.4, 0.5) is 20.4 Å². The number of anilines is 2. The highest BCUT2D eigenvalue weighted by Gasteiger charge is 2.22. The molecule has 0 bridgehead atoms. The van der Waals surface area contributed by atoms with Crippen molar-refractivity contribution in [2.75, 3.05) is 23.1 Å². The second-order valence-corrected chi connectivity index (χ2v) is 10.6. The molecule has 1 saturated heterocycles. The van der Waals surface area contributed by atoms with Crippen LogP contribution in [0.2, 0.25) is 0 Å². The van der Waals surface area contributed by atoms with Gasteiger partial charge in [0, 0.05) is 25.0 Å². The number of piperidine rings is 1. The number of sulfonamides is 1. The number of nitriles is 1. The van der Waals surface area contributed by atoms with E-state index in [-0.39, 0.29) is 22.4 Å². The summed E-state index contributed by atoms with van der Waals surface area (Å²) in [7, 11) is -4.25. The molecule has 2 aromatic heterocycles. The molecule has 3 N–H and O–H groups in total. The van der Waals surface area contributed by atoms with Gasteiger partial charge in [0.15, 0.2) is 11.6 Å². The van der Waals surface area contributed by atoms with Crippen LogP contribution in [0.3, 0.4) is 0 Å². The summed E-state index contributed by atoms with van der Waals surface area (Å²) in [5, 5.41) is 15.5. The lowest BCUT2D eigenvalue weighted by atomic mass is 10.1. The Morgan fingerprint density at radius 2 is 1.85 bits per heavy atom. The summed E-state index contributed by atoms with van der Waals surface area (Å²) in [4.78, 5) is 12.8. The predicted octanol–water partition coefficient (Wildman–Crippen LogP) is 4.45. The maximum absolute atomic E-state index is 15.0. The molecule has 0 radical (unpaired) electrons. The van der Waals surface area contributed by atoms with Gasteiger partial charge < -0.3 is 15.4 Å². The largest absolute Gasteiger partial charge is 0.435 e. The number of hydrogen-bond acceptors (Lipinski definition) is 9. The van der Waals surface area contributed by atoms with Gasteiger partial charge in [-0.05, 0) is 74.0 Å². The SMILES string of the molecule is N#Cc1ccc(S(=O)(=O)Nc2ccc(Oc3ncccc3-c3ccnc(N[C@H]4CCCNC4)n3)c(F)c2F)cc1. The molecule has 40 heavy (non-hydrogen) atoms. The molecular formula is C27H23F2N7O3S. The average Bonchev–Trinajstić information content (AvgIpc) is 2.98. The minimum atomic E-state index is -4.25. The lowest BCUT2D eigenvalue weighted by molar-refractivity contribution is 0.407. The number of nitrogens with zero attached hydrogens (tertiary/aromatic N) is 4. The Kier molecular flexibility index (Phi) is 7.81. The molecule has 1 aliphatic heterocycles. The van der Waals surface area contributed by atoms with Crippen molar-refractivity contribution in [1.82, 2.24) is 20.3 Å². The second kappa shape index (κ2) is 11.6. The van der Waals surface area contributed by atoms with Crippen molar-refractivity contribution >= 4 is 21.7 Å². The van der Waals surface area contributed by atoms with Gasteiger partial charge in [-0.3, -0.25) is 4.72 Å². The van der Waals surface area contributed by atoms with Gasteiger partial charge in [-0.1, -0.05) is 0 Å².